The highest BCUT2D eigenvalue weighted by Gasteiger charge is 2.18. The molecule has 0 aliphatic heterocycles. The Kier molecular flexibility index (Phi) is 4.37. The van der Waals surface area contributed by atoms with Gasteiger partial charge in [-0.3, -0.25) is 4.79 Å². The summed E-state index contributed by atoms with van der Waals surface area (Å²) in [6, 6.07) is 10.6. The van der Waals surface area contributed by atoms with Gasteiger partial charge in [0.05, 0.1) is 10.7 Å². The first-order valence-electron chi connectivity index (χ1n) is 6.06. The van der Waals surface area contributed by atoms with E-state index in [1.54, 1.807) is 12.1 Å². The molecule has 0 aliphatic rings. The molecule has 0 bridgehead atoms. The number of carbonyl (C=O) groups excluding carboxylic acids is 1. The third kappa shape index (κ3) is 3.15. The van der Waals surface area contributed by atoms with Crippen LogP contribution in [-0.4, -0.2) is 5.91 Å². The van der Waals surface area contributed by atoms with E-state index in [1.807, 2.05) is 19.1 Å². The number of halogens is 2. The van der Waals surface area contributed by atoms with Gasteiger partial charge < -0.3 is 11.1 Å². The molecule has 1 amide bonds. The second-order valence-electron chi connectivity index (χ2n) is 4.47. The number of para-hydroxylation sites is 1. The summed E-state index contributed by atoms with van der Waals surface area (Å²) in [5.41, 5.74) is 7.53. The molecule has 0 fully saturated rings. The lowest BCUT2D eigenvalue weighted by atomic mass is 10.1. The van der Waals surface area contributed by atoms with Crippen LogP contribution >= 0.6 is 11.6 Å². The van der Waals surface area contributed by atoms with Gasteiger partial charge in [-0.05, 0) is 24.6 Å². The van der Waals surface area contributed by atoms with Gasteiger partial charge in [-0.1, -0.05) is 47.5 Å². The van der Waals surface area contributed by atoms with E-state index in [-0.39, 0.29) is 10.7 Å². The molecule has 2 aromatic rings. The number of nitrogens with one attached hydrogen (secondary N) is 1. The quantitative estimate of drug-likeness (QED) is 0.910. The molecule has 3 nitrogen and oxygen atoms in total. The molecule has 5 heteroatoms. The van der Waals surface area contributed by atoms with Gasteiger partial charge in [-0.25, -0.2) is 4.39 Å². The lowest BCUT2D eigenvalue weighted by Gasteiger charge is -2.14. The fourth-order valence-electron chi connectivity index (χ4n) is 1.74. The molecule has 0 saturated carbocycles. The van der Waals surface area contributed by atoms with Crippen molar-refractivity contribution in [1.82, 2.24) is 0 Å². The van der Waals surface area contributed by atoms with Gasteiger partial charge in [0.2, 0.25) is 5.91 Å². The second kappa shape index (κ2) is 6.03. The minimum atomic E-state index is -0.883. The first-order chi connectivity index (χ1) is 9.49. The predicted molar refractivity (Wildman–Crippen MR) is 78.1 cm³/mol. The van der Waals surface area contributed by atoms with Crippen LogP contribution in [0.5, 0.6) is 0 Å². The van der Waals surface area contributed by atoms with E-state index in [9.17, 15) is 9.18 Å². The molecule has 20 heavy (non-hydrogen) atoms. The van der Waals surface area contributed by atoms with E-state index in [0.717, 1.165) is 5.56 Å². The van der Waals surface area contributed by atoms with E-state index >= 15 is 0 Å². The summed E-state index contributed by atoms with van der Waals surface area (Å²) in [4.78, 5) is 12.0. The Hall–Kier alpha value is -1.91. The molecule has 0 saturated heterocycles. The van der Waals surface area contributed by atoms with E-state index in [2.05, 4.69) is 5.32 Å². The third-order valence-electron chi connectivity index (χ3n) is 2.93. The number of nitrogens with two attached hydrogens (primary N) is 1. The van der Waals surface area contributed by atoms with Gasteiger partial charge >= 0.3 is 0 Å². The topological polar surface area (TPSA) is 55.1 Å². The number of hydrogen-bond donors (Lipinski definition) is 2. The molecular weight excluding hydrogens is 279 g/mol. The summed E-state index contributed by atoms with van der Waals surface area (Å²) in [6.45, 7) is 1.94. The van der Waals surface area contributed by atoms with Gasteiger partial charge in [-0.2, -0.15) is 0 Å². The Balaban J connectivity index is 2.18. The first kappa shape index (κ1) is 14.5. The molecule has 0 radical (unpaired) electrons. The number of anilines is 1. The first-order valence-corrected chi connectivity index (χ1v) is 6.44. The zero-order valence-corrected chi connectivity index (χ0v) is 11.6. The molecule has 1 unspecified atom stereocenters. The SMILES string of the molecule is Cc1ccc(C(N)C(=O)Nc2c(F)cccc2Cl)cc1. The molecule has 1 atom stereocenters. The zero-order valence-electron chi connectivity index (χ0n) is 10.9. The zero-order chi connectivity index (χ0) is 14.7. The minimum Gasteiger partial charge on any atom is -0.321 e. The fraction of sp³-hybridized carbons (Fsp3) is 0.133. The summed E-state index contributed by atoms with van der Waals surface area (Å²) >= 11 is 5.85. The van der Waals surface area contributed by atoms with Crippen LogP contribution in [0, 0.1) is 12.7 Å². The number of aryl methyl sites for hydroxylation is 1. The van der Waals surface area contributed by atoms with Crippen LogP contribution in [0.3, 0.4) is 0 Å². The van der Waals surface area contributed by atoms with Crippen LogP contribution in [0.2, 0.25) is 5.02 Å². The van der Waals surface area contributed by atoms with E-state index in [4.69, 9.17) is 17.3 Å². The smallest absolute Gasteiger partial charge is 0.246 e. The van der Waals surface area contributed by atoms with Gasteiger partial charge in [-0.15, -0.1) is 0 Å². The lowest BCUT2D eigenvalue weighted by molar-refractivity contribution is -0.117. The summed E-state index contributed by atoms with van der Waals surface area (Å²) in [7, 11) is 0. The van der Waals surface area contributed by atoms with Gasteiger partial charge in [0.25, 0.3) is 0 Å². The van der Waals surface area contributed by atoms with Crippen molar-refractivity contribution in [2.45, 2.75) is 13.0 Å². The van der Waals surface area contributed by atoms with Crippen molar-refractivity contribution >= 4 is 23.2 Å². The fourth-order valence-corrected chi connectivity index (χ4v) is 1.95. The molecule has 0 aromatic heterocycles. The Bertz CT molecular complexity index is 608. The highest BCUT2D eigenvalue weighted by molar-refractivity contribution is 6.33. The van der Waals surface area contributed by atoms with Crippen molar-refractivity contribution in [2.75, 3.05) is 5.32 Å². The van der Waals surface area contributed by atoms with Crippen LogP contribution in [-0.2, 0) is 4.79 Å². The highest BCUT2D eigenvalue weighted by Crippen LogP contribution is 2.25. The standard InChI is InChI=1S/C15H14ClFN2O/c1-9-5-7-10(8-6-9)13(18)15(20)19-14-11(16)3-2-4-12(14)17/h2-8,13H,18H2,1H3,(H,19,20). The number of amides is 1. The largest absolute Gasteiger partial charge is 0.321 e. The molecular formula is C15H14ClFN2O. The van der Waals surface area contributed by atoms with E-state index in [1.165, 1.54) is 18.2 Å². The molecule has 0 aliphatic carbocycles. The van der Waals surface area contributed by atoms with Crippen molar-refractivity contribution in [3.05, 3.63) is 64.4 Å². The molecule has 3 N–H and O–H groups in total. The van der Waals surface area contributed by atoms with Crippen LogP contribution in [0.25, 0.3) is 0 Å². The Morgan fingerprint density at radius 2 is 1.90 bits per heavy atom. The Labute approximate surface area is 121 Å². The number of carbonyl (C=O) groups is 1. The Morgan fingerprint density at radius 1 is 1.25 bits per heavy atom. The maximum absolute atomic E-state index is 13.6. The van der Waals surface area contributed by atoms with Crippen molar-refractivity contribution in [1.29, 1.82) is 0 Å². The maximum atomic E-state index is 13.6. The van der Waals surface area contributed by atoms with Crippen LogP contribution in [0.1, 0.15) is 17.2 Å². The summed E-state index contributed by atoms with van der Waals surface area (Å²) in [5.74, 6) is -1.11. The molecule has 2 aromatic carbocycles. The Morgan fingerprint density at radius 3 is 2.50 bits per heavy atom. The van der Waals surface area contributed by atoms with Crippen molar-refractivity contribution in [3.8, 4) is 0 Å². The van der Waals surface area contributed by atoms with Gasteiger partial charge in [0.1, 0.15) is 11.9 Å². The van der Waals surface area contributed by atoms with E-state index in [0.29, 0.717) is 5.56 Å². The van der Waals surface area contributed by atoms with Crippen LogP contribution < -0.4 is 11.1 Å². The lowest BCUT2D eigenvalue weighted by Crippen LogP contribution is -2.28. The summed E-state index contributed by atoms with van der Waals surface area (Å²) in [5, 5.41) is 2.55. The van der Waals surface area contributed by atoms with Crippen molar-refractivity contribution in [2.24, 2.45) is 5.73 Å². The summed E-state index contributed by atoms with van der Waals surface area (Å²) in [6.07, 6.45) is 0. The summed E-state index contributed by atoms with van der Waals surface area (Å²) < 4.78 is 13.6. The second-order valence-corrected chi connectivity index (χ2v) is 4.88. The van der Waals surface area contributed by atoms with Gasteiger partial charge in [0, 0.05) is 0 Å². The van der Waals surface area contributed by atoms with Gasteiger partial charge in [0.15, 0.2) is 0 Å². The number of benzene rings is 2. The average molecular weight is 293 g/mol. The third-order valence-corrected chi connectivity index (χ3v) is 3.24. The van der Waals surface area contributed by atoms with E-state index < -0.39 is 17.8 Å². The van der Waals surface area contributed by atoms with Crippen molar-refractivity contribution < 1.29 is 9.18 Å². The van der Waals surface area contributed by atoms with Crippen molar-refractivity contribution in [3.63, 3.8) is 0 Å². The number of hydrogen-bond acceptors (Lipinski definition) is 2. The van der Waals surface area contributed by atoms with Crippen LogP contribution in [0.15, 0.2) is 42.5 Å². The minimum absolute atomic E-state index is 0.0540. The van der Waals surface area contributed by atoms with Crippen LogP contribution in [0.4, 0.5) is 10.1 Å². The maximum Gasteiger partial charge on any atom is 0.246 e. The predicted octanol–water partition coefficient (Wildman–Crippen LogP) is 3.43. The number of rotatable bonds is 3. The monoisotopic (exact) mass is 292 g/mol. The molecule has 0 heterocycles. The molecule has 0 spiro atoms. The highest BCUT2D eigenvalue weighted by atomic mass is 35.5. The average Bonchev–Trinajstić information content (AvgIpc) is 2.43. The molecule has 2 rings (SSSR count). The molecule has 104 valence electrons. The normalized spacial score (nSPS) is 12.0.